The van der Waals surface area contributed by atoms with Crippen molar-refractivity contribution in [1.29, 1.82) is 0 Å². The summed E-state index contributed by atoms with van der Waals surface area (Å²) < 4.78 is 28.9. The van der Waals surface area contributed by atoms with E-state index in [4.69, 9.17) is 13.7 Å². The minimum Gasteiger partial charge on any atom is -0.479 e. The number of aryl methyl sites for hydroxylation is 1. The van der Waals surface area contributed by atoms with Crippen LogP contribution in [-0.4, -0.2) is 18.2 Å². The van der Waals surface area contributed by atoms with E-state index in [1.54, 1.807) is 24.3 Å². The second kappa shape index (κ2) is 8.20. The predicted molar refractivity (Wildman–Crippen MR) is 108 cm³/mol. The Labute approximate surface area is 170 Å². The van der Waals surface area contributed by atoms with Gasteiger partial charge in [0.15, 0.2) is 5.43 Å². The molecule has 7 nitrogen and oxygen atoms in total. The highest BCUT2D eigenvalue weighted by Crippen LogP contribution is 2.24. The molecule has 0 spiro atoms. The molecular weight excluding hydrogens is 391 g/mol. The van der Waals surface area contributed by atoms with E-state index < -0.39 is 0 Å². The average Bonchev–Trinajstić information content (AvgIpc) is 3.21. The molecule has 30 heavy (non-hydrogen) atoms. The Bertz CT molecular complexity index is 1260. The number of nitrogens with one attached hydrogen (secondary N) is 1. The van der Waals surface area contributed by atoms with E-state index in [0.29, 0.717) is 46.0 Å². The van der Waals surface area contributed by atoms with Crippen LogP contribution in [0.5, 0.6) is 5.88 Å². The number of fused-ring (bicyclic) bond motifs is 1. The van der Waals surface area contributed by atoms with Gasteiger partial charge in [0.1, 0.15) is 22.9 Å². The molecule has 0 fully saturated rings. The third-order valence-corrected chi connectivity index (χ3v) is 4.48. The maximum absolute atomic E-state index is 13.1. The smallest absolute Gasteiger partial charge is 0.254 e. The molecule has 152 valence electrons. The molecule has 0 atom stereocenters. The van der Waals surface area contributed by atoms with Crippen LogP contribution in [0, 0.1) is 5.82 Å². The maximum Gasteiger partial charge on any atom is 0.254 e. The topological polar surface area (TPSA) is 94.6 Å². The molecule has 4 rings (SSSR count). The van der Waals surface area contributed by atoms with Crippen LogP contribution >= 0.6 is 0 Å². The van der Waals surface area contributed by atoms with Crippen molar-refractivity contribution in [3.63, 3.8) is 0 Å². The van der Waals surface area contributed by atoms with Crippen LogP contribution in [0.1, 0.15) is 12.2 Å². The number of halogens is 1. The van der Waals surface area contributed by atoms with Crippen LogP contribution in [0.3, 0.4) is 0 Å². The lowest BCUT2D eigenvalue weighted by atomic mass is 10.1. The van der Waals surface area contributed by atoms with E-state index in [0.717, 1.165) is 0 Å². The number of carbonyl (C=O) groups excluding carboxylic acids is 1. The van der Waals surface area contributed by atoms with E-state index in [1.807, 2.05) is 0 Å². The highest BCUT2D eigenvalue weighted by Gasteiger charge is 2.11. The summed E-state index contributed by atoms with van der Waals surface area (Å²) in [4.78, 5) is 24.8. The first-order valence-corrected chi connectivity index (χ1v) is 9.15. The fourth-order valence-electron chi connectivity index (χ4n) is 2.96. The molecule has 0 saturated carbocycles. The van der Waals surface area contributed by atoms with Gasteiger partial charge in [0.05, 0.1) is 12.5 Å². The standard InChI is InChI=1S/C22H17FN2O5/c1-28-22-11-16(30-25-22)7-9-21(27)24-15-6-8-19-17(10-15)18(26)12-20(29-19)13-2-4-14(23)5-3-13/h2-6,8,10-12H,7,9H2,1H3,(H,24,27). The van der Waals surface area contributed by atoms with Crippen LogP contribution in [0.15, 0.2) is 68.3 Å². The van der Waals surface area contributed by atoms with Crippen molar-refractivity contribution in [3.05, 3.63) is 76.4 Å². The van der Waals surface area contributed by atoms with E-state index in [9.17, 15) is 14.0 Å². The van der Waals surface area contributed by atoms with Crippen LogP contribution in [0.25, 0.3) is 22.3 Å². The second-order valence-electron chi connectivity index (χ2n) is 6.58. The Hall–Kier alpha value is -3.94. The lowest BCUT2D eigenvalue weighted by Crippen LogP contribution is -2.12. The summed E-state index contributed by atoms with van der Waals surface area (Å²) in [5.41, 5.74) is 1.18. The summed E-state index contributed by atoms with van der Waals surface area (Å²) in [7, 11) is 1.48. The average molecular weight is 408 g/mol. The summed E-state index contributed by atoms with van der Waals surface area (Å²) in [6.07, 6.45) is 0.535. The number of nitrogens with zero attached hydrogens (tertiary/aromatic N) is 1. The second-order valence-corrected chi connectivity index (χ2v) is 6.58. The van der Waals surface area contributed by atoms with Gasteiger partial charge < -0.3 is 19.0 Å². The number of rotatable bonds is 6. The van der Waals surface area contributed by atoms with Gasteiger partial charge in [-0.15, -0.1) is 0 Å². The van der Waals surface area contributed by atoms with E-state index >= 15 is 0 Å². The first-order chi connectivity index (χ1) is 14.5. The zero-order chi connectivity index (χ0) is 21.1. The van der Waals surface area contributed by atoms with Crippen molar-refractivity contribution < 1.29 is 22.9 Å². The molecule has 8 heteroatoms. The van der Waals surface area contributed by atoms with Crippen molar-refractivity contribution in [2.45, 2.75) is 12.8 Å². The molecule has 2 aromatic heterocycles. The molecule has 0 unspecified atom stereocenters. The van der Waals surface area contributed by atoms with Crippen molar-refractivity contribution in [2.24, 2.45) is 0 Å². The maximum atomic E-state index is 13.1. The molecule has 2 heterocycles. The highest BCUT2D eigenvalue weighted by atomic mass is 19.1. The summed E-state index contributed by atoms with van der Waals surface area (Å²) >= 11 is 0. The Morgan fingerprint density at radius 1 is 1.13 bits per heavy atom. The van der Waals surface area contributed by atoms with Gasteiger partial charge in [0, 0.05) is 36.2 Å². The monoisotopic (exact) mass is 408 g/mol. The summed E-state index contributed by atoms with van der Waals surface area (Å²) in [6.45, 7) is 0. The van der Waals surface area contributed by atoms with Crippen LogP contribution in [0.2, 0.25) is 0 Å². The molecule has 1 amide bonds. The van der Waals surface area contributed by atoms with Crippen molar-refractivity contribution >= 4 is 22.6 Å². The Morgan fingerprint density at radius 2 is 1.93 bits per heavy atom. The van der Waals surface area contributed by atoms with Crippen LogP contribution in [0.4, 0.5) is 10.1 Å². The number of aromatic nitrogens is 1. The number of anilines is 1. The molecule has 0 aliphatic rings. The van der Waals surface area contributed by atoms with Gasteiger partial charge in [0.2, 0.25) is 5.91 Å². The number of hydrogen-bond donors (Lipinski definition) is 1. The van der Waals surface area contributed by atoms with Gasteiger partial charge in [-0.25, -0.2) is 4.39 Å². The fourth-order valence-corrected chi connectivity index (χ4v) is 2.96. The van der Waals surface area contributed by atoms with E-state index in [-0.39, 0.29) is 23.6 Å². The quantitative estimate of drug-likeness (QED) is 0.515. The number of ether oxygens (including phenoxy) is 1. The van der Waals surface area contributed by atoms with Gasteiger partial charge in [0.25, 0.3) is 5.88 Å². The van der Waals surface area contributed by atoms with Gasteiger partial charge >= 0.3 is 0 Å². The van der Waals surface area contributed by atoms with Crippen molar-refractivity contribution in [1.82, 2.24) is 5.16 Å². The minimum atomic E-state index is -0.371. The molecule has 4 aromatic rings. The molecule has 0 saturated heterocycles. The predicted octanol–water partition coefficient (Wildman–Crippen LogP) is 4.17. The van der Waals surface area contributed by atoms with Gasteiger partial charge in [-0.2, -0.15) is 0 Å². The minimum absolute atomic E-state index is 0.175. The van der Waals surface area contributed by atoms with E-state index in [1.165, 1.54) is 37.4 Å². The van der Waals surface area contributed by atoms with Crippen LogP contribution < -0.4 is 15.5 Å². The fraction of sp³-hybridized carbons (Fsp3) is 0.136. The Balaban J connectivity index is 1.49. The number of hydrogen-bond acceptors (Lipinski definition) is 6. The van der Waals surface area contributed by atoms with Crippen LogP contribution in [-0.2, 0) is 11.2 Å². The molecule has 2 aromatic carbocycles. The molecule has 0 bridgehead atoms. The number of amides is 1. The zero-order valence-corrected chi connectivity index (χ0v) is 16.0. The Morgan fingerprint density at radius 3 is 2.67 bits per heavy atom. The lowest BCUT2D eigenvalue weighted by Gasteiger charge is -2.07. The number of methoxy groups -OCH3 is 1. The summed E-state index contributed by atoms with van der Waals surface area (Å²) in [5.74, 6) is 0.620. The first kappa shape index (κ1) is 19.4. The van der Waals surface area contributed by atoms with Crippen molar-refractivity contribution in [2.75, 3.05) is 12.4 Å². The molecule has 0 radical (unpaired) electrons. The largest absolute Gasteiger partial charge is 0.479 e. The summed E-state index contributed by atoms with van der Waals surface area (Å²) in [6, 6.07) is 13.5. The molecular formula is C22H17FN2O5. The Kier molecular flexibility index (Phi) is 5.30. The lowest BCUT2D eigenvalue weighted by molar-refractivity contribution is -0.116. The SMILES string of the molecule is COc1cc(CCC(=O)Nc2ccc3oc(-c4ccc(F)cc4)cc(=O)c3c2)on1. The van der Waals surface area contributed by atoms with Gasteiger partial charge in [-0.3, -0.25) is 9.59 Å². The van der Waals surface area contributed by atoms with Gasteiger partial charge in [-0.1, -0.05) is 0 Å². The molecule has 0 aliphatic carbocycles. The third-order valence-electron chi connectivity index (χ3n) is 4.48. The first-order valence-electron chi connectivity index (χ1n) is 9.15. The molecule has 0 aliphatic heterocycles. The number of benzene rings is 2. The normalized spacial score (nSPS) is 10.9. The highest BCUT2D eigenvalue weighted by molar-refractivity contribution is 5.93. The molecule has 1 N–H and O–H groups in total. The third kappa shape index (κ3) is 4.22. The van der Waals surface area contributed by atoms with E-state index in [2.05, 4.69) is 10.5 Å². The zero-order valence-electron chi connectivity index (χ0n) is 16.0. The summed E-state index contributed by atoms with van der Waals surface area (Å²) in [5, 5.41) is 6.76. The number of carbonyl (C=O) groups is 1. The van der Waals surface area contributed by atoms with Gasteiger partial charge in [-0.05, 0) is 47.6 Å². The van der Waals surface area contributed by atoms with Crippen molar-refractivity contribution in [3.8, 4) is 17.2 Å².